The highest BCUT2D eigenvalue weighted by Crippen LogP contribution is 2.18. The lowest BCUT2D eigenvalue weighted by Crippen LogP contribution is -2.08. The molecular weight excluding hydrogens is 337 g/mol. The Hall–Kier alpha value is -1.04. The van der Waals surface area contributed by atoms with Crippen molar-refractivity contribution in [2.75, 3.05) is 5.32 Å². The first-order valence-electron chi connectivity index (χ1n) is 6.13. The summed E-state index contributed by atoms with van der Waals surface area (Å²) < 4.78 is 3.33. The first-order chi connectivity index (χ1) is 8.60. The van der Waals surface area contributed by atoms with Crippen molar-refractivity contribution in [3.8, 4) is 0 Å². The number of hydrogen-bond donors (Lipinski definition) is 1. The van der Waals surface area contributed by atoms with Gasteiger partial charge in [0.25, 0.3) is 0 Å². The molecule has 4 heteroatoms. The van der Waals surface area contributed by atoms with Gasteiger partial charge in [0.2, 0.25) is 0 Å². The van der Waals surface area contributed by atoms with E-state index in [0.717, 1.165) is 24.5 Å². The van der Waals surface area contributed by atoms with Crippen LogP contribution >= 0.6 is 22.6 Å². The molecule has 0 spiro atoms. The van der Waals surface area contributed by atoms with E-state index in [1.165, 1.54) is 14.8 Å². The summed E-state index contributed by atoms with van der Waals surface area (Å²) in [5.41, 5.74) is 4.78. The smallest absolute Gasteiger partial charge is 0.0597 e. The third-order valence-corrected chi connectivity index (χ3v) is 4.09. The maximum absolute atomic E-state index is 4.45. The van der Waals surface area contributed by atoms with E-state index in [9.17, 15) is 0 Å². The van der Waals surface area contributed by atoms with Crippen molar-refractivity contribution < 1.29 is 0 Å². The van der Waals surface area contributed by atoms with E-state index in [1.54, 1.807) is 0 Å². The molecule has 2 rings (SSSR count). The third-order valence-electron chi connectivity index (χ3n) is 2.93. The summed E-state index contributed by atoms with van der Waals surface area (Å²) in [6.07, 6.45) is 0. The molecule has 0 amide bonds. The predicted octanol–water partition coefficient (Wildman–Crippen LogP) is 3.74. The second-order valence-corrected chi connectivity index (χ2v) is 5.57. The summed E-state index contributed by atoms with van der Waals surface area (Å²) in [5, 5.41) is 7.90. The summed E-state index contributed by atoms with van der Waals surface area (Å²) in [7, 11) is 0. The number of hydrogen-bond acceptors (Lipinski definition) is 2. The maximum Gasteiger partial charge on any atom is 0.0597 e. The normalized spacial score (nSPS) is 10.7. The molecule has 0 atom stereocenters. The molecule has 0 aliphatic carbocycles. The van der Waals surface area contributed by atoms with Gasteiger partial charge in [-0.2, -0.15) is 5.10 Å². The minimum absolute atomic E-state index is 0.813. The molecule has 0 unspecified atom stereocenters. The van der Waals surface area contributed by atoms with Crippen LogP contribution < -0.4 is 5.32 Å². The molecule has 96 valence electrons. The largest absolute Gasteiger partial charge is 0.379 e. The fourth-order valence-corrected chi connectivity index (χ4v) is 2.43. The molecule has 0 saturated heterocycles. The zero-order valence-corrected chi connectivity index (χ0v) is 13.2. The van der Waals surface area contributed by atoms with Crippen molar-refractivity contribution in [3.63, 3.8) is 0 Å². The van der Waals surface area contributed by atoms with E-state index in [-0.39, 0.29) is 0 Å². The average molecular weight is 355 g/mol. The summed E-state index contributed by atoms with van der Waals surface area (Å²) >= 11 is 2.36. The Morgan fingerprint density at radius 3 is 2.72 bits per heavy atom. The van der Waals surface area contributed by atoms with Gasteiger partial charge < -0.3 is 5.32 Å². The molecule has 18 heavy (non-hydrogen) atoms. The number of halogens is 1. The van der Waals surface area contributed by atoms with E-state index in [4.69, 9.17) is 0 Å². The van der Waals surface area contributed by atoms with Gasteiger partial charge in [-0.3, -0.25) is 4.68 Å². The van der Waals surface area contributed by atoms with Crippen molar-refractivity contribution in [1.29, 1.82) is 0 Å². The minimum atomic E-state index is 0.813. The van der Waals surface area contributed by atoms with Crippen molar-refractivity contribution in [2.45, 2.75) is 33.9 Å². The van der Waals surface area contributed by atoms with Crippen LogP contribution in [0.25, 0.3) is 0 Å². The molecule has 3 nitrogen and oxygen atoms in total. The van der Waals surface area contributed by atoms with Gasteiger partial charge in [-0.15, -0.1) is 0 Å². The van der Waals surface area contributed by atoms with Crippen LogP contribution in [0, 0.1) is 17.4 Å². The average Bonchev–Trinajstić information content (AvgIpc) is 2.71. The second kappa shape index (κ2) is 5.73. The molecule has 0 aliphatic rings. The highest BCUT2D eigenvalue weighted by molar-refractivity contribution is 14.1. The fourth-order valence-electron chi connectivity index (χ4n) is 1.91. The highest BCUT2D eigenvalue weighted by Gasteiger charge is 2.04. The minimum Gasteiger partial charge on any atom is -0.379 e. The van der Waals surface area contributed by atoms with Gasteiger partial charge in [-0.05, 0) is 67.1 Å². The topological polar surface area (TPSA) is 29.9 Å². The second-order valence-electron chi connectivity index (χ2n) is 4.41. The SMILES string of the molecule is CCn1nc(C)cc1CNc1ccc(C)c(I)c1. The molecule has 1 aromatic heterocycles. The van der Waals surface area contributed by atoms with Crippen LogP contribution in [0.1, 0.15) is 23.9 Å². The Balaban J connectivity index is 2.08. The van der Waals surface area contributed by atoms with Gasteiger partial charge in [0.05, 0.1) is 17.9 Å². The van der Waals surface area contributed by atoms with Gasteiger partial charge in [-0.1, -0.05) is 6.07 Å². The van der Waals surface area contributed by atoms with Gasteiger partial charge in [0, 0.05) is 15.8 Å². The number of nitrogens with one attached hydrogen (secondary N) is 1. The Labute approximate surface area is 122 Å². The van der Waals surface area contributed by atoms with Gasteiger partial charge >= 0.3 is 0 Å². The molecule has 0 radical (unpaired) electrons. The molecule has 2 aromatic rings. The summed E-state index contributed by atoms with van der Waals surface area (Å²) in [5.74, 6) is 0. The monoisotopic (exact) mass is 355 g/mol. The van der Waals surface area contributed by atoms with Crippen LogP contribution in [0.2, 0.25) is 0 Å². The zero-order valence-electron chi connectivity index (χ0n) is 11.0. The molecule has 0 fully saturated rings. The van der Waals surface area contributed by atoms with Crippen LogP contribution in [-0.2, 0) is 13.1 Å². The van der Waals surface area contributed by atoms with Crippen LogP contribution in [0.3, 0.4) is 0 Å². The number of rotatable bonds is 4. The number of aromatic nitrogens is 2. The Kier molecular flexibility index (Phi) is 4.27. The van der Waals surface area contributed by atoms with Crippen LogP contribution in [-0.4, -0.2) is 9.78 Å². The predicted molar refractivity (Wildman–Crippen MR) is 83.9 cm³/mol. The molecule has 1 heterocycles. The molecule has 0 bridgehead atoms. The lowest BCUT2D eigenvalue weighted by atomic mass is 10.2. The van der Waals surface area contributed by atoms with Crippen molar-refractivity contribution in [2.24, 2.45) is 0 Å². The first-order valence-corrected chi connectivity index (χ1v) is 7.21. The highest BCUT2D eigenvalue weighted by atomic mass is 127. The van der Waals surface area contributed by atoms with E-state index >= 15 is 0 Å². The number of nitrogens with zero attached hydrogens (tertiary/aromatic N) is 2. The van der Waals surface area contributed by atoms with Crippen LogP contribution in [0.5, 0.6) is 0 Å². The summed E-state index contributed by atoms with van der Waals surface area (Å²) in [6, 6.07) is 8.58. The standard InChI is InChI=1S/C14H18IN3/c1-4-18-13(7-11(3)17-18)9-16-12-6-5-10(2)14(15)8-12/h5-8,16H,4,9H2,1-3H3. The number of aryl methyl sites for hydroxylation is 3. The van der Waals surface area contributed by atoms with Gasteiger partial charge in [0.15, 0.2) is 0 Å². The van der Waals surface area contributed by atoms with Crippen molar-refractivity contribution in [3.05, 3.63) is 44.8 Å². The number of benzene rings is 1. The fraction of sp³-hybridized carbons (Fsp3) is 0.357. The molecule has 1 N–H and O–H groups in total. The third kappa shape index (κ3) is 3.04. The van der Waals surface area contributed by atoms with E-state index in [2.05, 4.69) is 71.1 Å². The lowest BCUT2D eigenvalue weighted by molar-refractivity contribution is 0.623. The zero-order chi connectivity index (χ0) is 13.1. The molecule has 0 aliphatic heterocycles. The molecule has 0 saturated carbocycles. The Morgan fingerprint density at radius 1 is 1.28 bits per heavy atom. The molecule has 1 aromatic carbocycles. The lowest BCUT2D eigenvalue weighted by Gasteiger charge is -2.09. The molecular formula is C14H18IN3. The quantitative estimate of drug-likeness (QED) is 0.847. The van der Waals surface area contributed by atoms with E-state index in [0.29, 0.717) is 0 Å². The van der Waals surface area contributed by atoms with Gasteiger partial charge in [0.1, 0.15) is 0 Å². The van der Waals surface area contributed by atoms with Gasteiger partial charge in [-0.25, -0.2) is 0 Å². The Bertz CT molecular complexity index is 546. The van der Waals surface area contributed by atoms with Crippen molar-refractivity contribution in [1.82, 2.24) is 9.78 Å². The summed E-state index contributed by atoms with van der Waals surface area (Å²) in [4.78, 5) is 0. The first kappa shape index (κ1) is 13.4. The van der Waals surface area contributed by atoms with Crippen LogP contribution in [0.4, 0.5) is 5.69 Å². The Morgan fingerprint density at radius 2 is 2.06 bits per heavy atom. The number of anilines is 1. The van der Waals surface area contributed by atoms with Crippen LogP contribution in [0.15, 0.2) is 24.3 Å². The maximum atomic E-state index is 4.45. The van der Waals surface area contributed by atoms with E-state index < -0.39 is 0 Å². The van der Waals surface area contributed by atoms with E-state index in [1.807, 2.05) is 11.6 Å². The van der Waals surface area contributed by atoms with Crippen molar-refractivity contribution >= 4 is 28.3 Å². The summed E-state index contributed by atoms with van der Waals surface area (Å²) in [6.45, 7) is 8.00.